The first kappa shape index (κ1) is 11.0. The Morgan fingerprint density at radius 3 is 2.00 bits per heavy atom. The van der Waals surface area contributed by atoms with Gasteiger partial charge in [-0.1, -0.05) is 48.5 Å². The van der Waals surface area contributed by atoms with Crippen LogP contribution in [0, 0.1) is 0 Å². The van der Waals surface area contributed by atoms with Crippen LogP contribution in [0.4, 0.5) is 0 Å². The van der Waals surface area contributed by atoms with Gasteiger partial charge in [-0.05, 0) is 22.3 Å². The number of nitrogens with two attached hydrogens (primary N) is 1. The van der Waals surface area contributed by atoms with Gasteiger partial charge in [0.1, 0.15) is 0 Å². The Balaban J connectivity index is 2.17. The number of ether oxygens (including phenoxy) is 1. The molecule has 0 aliphatic heterocycles. The lowest BCUT2D eigenvalue weighted by Crippen LogP contribution is -2.30. The molecule has 0 fully saturated rings. The summed E-state index contributed by atoms with van der Waals surface area (Å²) in [5.74, 6) is -0.112. The van der Waals surface area contributed by atoms with Crippen molar-refractivity contribution in [1.29, 1.82) is 0 Å². The van der Waals surface area contributed by atoms with E-state index in [9.17, 15) is 4.79 Å². The van der Waals surface area contributed by atoms with E-state index >= 15 is 0 Å². The van der Waals surface area contributed by atoms with Crippen LogP contribution < -0.4 is 5.73 Å². The fraction of sp³-hybridized carbons (Fsp3) is 0.133. The van der Waals surface area contributed by atoms with E-state index < -0.39 is 6.23 Å². The van der Waals surface area contributed by atoms with Crippen molar-refractivity contribution < 1.29 is 9.53 Å². The quantitative estimate of drug-likeness (QED) is 0.834. The van der Waals surface area contributed by atoms with Gasteiger partial charge in [0.25, 0.3) is 0 Å². The molecule has 0 spiro atoms. The van der Waals surface area contributed by atoms with Crippen LogP contribution >= 0.6 is 0 Å². The van der Waals surface area contributed by atoms with E-state index in [2.05, 4.69) is 12.1 Å². The minimum atomic E-state index is -0.702. The van der Waals surface area contributed by atoms with Gasteiger partial charge in [0.2, 0.25) is 0 Å². The summed E-state index contributed by atoms with van der Waals surface area (Å²) in [6, 6.07) is 16.1. The SMILES string of the molecule is NC(O[C]=O)C1c2ccccc2-c2ccccc21. The minimum Gasteiger partial charge on any atom is -0.437 e. The molecule has 1 radical (unpaired) electrons. The summed E-state index contributed by atoms with van der Waals surface area (Å²) in [7, 11) is 0. The summed E-state index contributed by atoms with van der Waals surface area (Å²) < 4.78 is 4.81. The fourth-order valence-corrected chi connectivity index (χ4v) is 2.67. The molecule has 1 atom stereocenters. The monoisotopic (exact) mass is 238 g/mol. The van der Waals surface area contributed by atoms with E-state index in [1.165, 1.54) is 6.47 Å². The highest BCUT2D eigenvalue weighted by atomic mass is 16.5. The van der Waals surface area contributed by atoms with Crippen molar-refractivity contribution in [3.8, 4) is 11.1 Å². The molecule has 0 heterocycles. The van der Waals surface area contributed by atoms with Gasteiger partial charge in [-0.2, -0.15) is 0 Å². The number of carbonyl (C=O) groups excluding carboxylic acids is 1. The number of fused-ring (bicyclic) bond motifs is 3. The second kappa shape index (κ2) is 4.27. The average Bonchev–Trinajstić information content (AvgIpc) is 2.73. The predicted octanol–water partition coefficient (Wildman–Crippen LogP) is 2.17. The number of benzene rings is 2. The van der Waals surface area contributed by atoms with E-state index in [0.717, 1.165) is 22.3 Å². The van der Waals surface area contributed by atoms with E-state index in [1.54, 1.807) is 0 Å². The standard InChI is InChI=1S/C15H12NO2/c16-15(18-9-17)14-12-7-3-1-5-10(12)11-6-2-4-8-13(11)14/h1-8,14-15H,16H2. The lowest BCUT2D eigenvalue weighted by molar-refractivity contribution is 0.168. The summed E-state index contributed by atoms with van der Waals surface area (Å²) in [5, 5.41) is 0. The molecule has 1 aliphatic carbocycles. The molecule has 0 aromatic heterocycles. The Kier molecular flexibility index (Phi) is 2.61. The van der Waals surface area contributed by atoms with Gasteiger partial charge in [0.15, 0.2) is 6.23 Å². The minimum absolute atomic E-state index is 0.112. The molecule has 0 saturated heterocycles. The van der Waals surface area contributed by atoms with Gasteiger partial charge in [-0.15, -0.1) is 0 Å². The Hall–Kier alpha value is -2.13. The maximum absolute atomic E-state index is 10.4. The van der Waals surface area contributed by atoms with Gasteiger partial charge in [-0.25, -0.2) is 4.79 Å². The highest BCUT2D eigenvalue weighted by Gasteiger charge is 2.33. The smallest absolute Gasteiger partial charge is 0.419 e. The number of hydrogen-bond donors (Lipinski definition) is 1. The summed E-state index contributed by atoms with van der Waals surface area (Å²) in [4.78, 5) is 10.4. The second-order valence-electron chi connectivity index (χ2n) is 4.32. The largest absolute Gasteiger partial charge is 0.437 e. The molecular weight excluding hydrogens is 226 g/mol. The lowest BCUT2D eigenvalue weighted by atomic mass is 9.95. The van der Waals surface area contributed by atoms with Crippen LogP contribution in [0.2, 0.25) is 0 Å². The lowest BCUT2D eigenvalue weighted by Gasteiger charge is -2.19. The zero-order valence-electron chi connectivity index (χ0n) is 9.67. The molecular formula is C15H12NO2. The normalized spacial score (nSPS) is 14.7. The Morgan fingerprint density at radius 1 is 1.00 bits per heavy atom. The summed E-state index contributed by atoms with van der Waals surface area (Å²) in [6.07, 6.45) is -0.702. The van der Waals surface area contributed by atoms with Crippen LogP contribution in [0.1, 0.15) is 17.0 Å². The highest BCUT2D eigenvalue weighted by Crippen LogP contribution is 2.45. The Labute approximate surface area is 105 Å². The molecule has 3 heteroatoms. The molecule has 2 N–H and O–H groups in total. The van der Waals surface area contributed by atoms with Crippen molar-refractivity contribution in [3.05, 3.63) is 59.7 Å². The predicted molar refractivity (Wildman–Crippen MR) is 68.5 cm³/mol. The van der Waals surface area contributed by atoms with E-state index in [-0.39, 0.29) is 5.92 Å². The molecule has 2 aromatic carbocycles. The summed E-state index contributed by atoms with van der Waals surface area (Å²) >= 11 is 0. The molecule has 0 bridgehead atoms. The Morgan fingerprint density at radius 2 is 1.50 bits per heavy atom. The first-order chi connectivity index (χ1) is 8.83. The molecule has 3 rings (SSSR count). The average molecular weight is 238 g/mol. The van der Waals surface area contributed by atoms with Crippen LogP contribution in [0.25, 0.3) is 11.1 Å². The van der Waals surface area contributed by atoms with Crippen molar-refractivity contribution in [1.82, 2.24) is 0 Å². The van der Waals surface area contributed by atoms with Crippen molar-refractivity contribution in [2.24, 2.45) is 5.73 Å². The van der Waals surface area contributed by atoms with Crippen LogP contribution in [0.5, 0.6) is 0 Å². The molecule has 0 amide bonds. The molecule has 18 heavy (non-hydrogen) atoms. The third-order valence-corrected chi connectivity index (χ3v) is 3.39. The van der Waals surface area contributed by atoms with Crippen LogP contribution in [0.15, 0.2) is 48.5 Å². The van der Waals surface area contributed by atoms with Crippen molar-refractivity contribution in [2.75, 3.05) is 0 Å². The highest BCUT2D eigenvalue weighted by molar-refractivity contribution is 5.79. The third kappa shape index (κ3) is 1.52. The molecule has 1 unspecified atom stereocenters. The van der Waals surface area contributed by atoms with Crippen molar-refractivity contribution in [3.63, 3.8) is 0 Å². The molecule has 1 aliphatic rings. The van der Waals surface area contributed by atoms with Crippen LogP contribution in [-0.2, 0) is 9.53 Å². The second-order valence-corrected chi connectivity index (χ2v) is 4.32. The van der Waals surface area contributed by atoms with Crippen molar-refractivity contribution >= 4 is 6.47 Å². The van der Waals surface area contributed by atoms with Gasteiger partial charge in [0.05, 0.1) is 5.92 Å². The van der Waals surface area contributed by atoms with Gasteiger partial charge < -0.3 is 4.74 Å². The van der Waals surface area contributed by atoms with Crippen LogP contribution in [-0.4, -0.2) is 12.7 Å². The zero-order chi connectivity index (χ0) is 12.5. The summed E-state index contributed by atoms with van der Waals surface area (Å²) in [6.45, 7) is 1.43. The summed E-state index contributed by atoms with van der Waals surface area (Å²) in [5.41, 5.74) is 10.4. The van der Waals surface area contributed by atoms with Gasteiger partial charge in [-0.3, -0.25) is 5.73 Å². The zero-order valence-corrected chi connectivity index (χ0v) is 9.67. The third-order valence-electron chi connectivity index (χ3n) is 3.39. The van der Waals surface area contributed by atoms with Gasteiger partial charge in [0, 0.05) is 0 Å². The topological polar surface area (TPSA) is 52.3 Å². The van der Waals surface area contributed by atoms with Gasteiger partial charge >= 0.3 is 6.47 Å². The Bertz CT molecular complexity index is 549. The van der Waals surface area contributed by atoms with Crippen molar-refractivity contribution in [2.45, 2.75) is 12.1 Å². The maximum Gasteiger partial charge on any atom is 0.419 e. The van der Waals surface area contributed by atoms with E-state index in [1.807, 2.05) is 36.4 Å². The molecule has 0 saturated carbocycles. The first-order valence-corrected chi connectivity index (χ1v) is 5.79. The van der Waals surface area contributed by atoms with E-state index in [4.69, 9.17) is 10.5 Å². The van der Waals surface area contributed by atoms with Crippen LogP contribution in [0.3, 0.4) is 0 Å². The maximum atomic E-state index is 10.4. The van der Waals surface area contributed by atoms with E-state index in [0.29, 0.717) is 0 Å². The fourth-order valence-electron chi connectivity index (χ4n) is 2.67. The number of hydrogen-bond acceptors (Lipinski definition) is 3. The molecule has 89 valence electrons. The first-order valence-electron chi connectivity index (χ1n) is 5.79. The molecule has 3 nitrogen and oxygen atoms in total. The number of rotatable bonds is 3. The molecule has 2 aromatic rings.